The first-order chi connectivity index (χ1) is 9.26. The van der Waals surface area contributed by atoms with Crippen molar-refractivity contribution in [3.63, 3.8) is 0 Å². The molecule has 0 aromatic rings. The van der Waals surface area contributed by atoms with Crippen molar-refractivity contribution in [1.82, 2.24) is 4.90 Å². The Morgan fingerprint density at radius 1 is 1.25 bits per heavy atom. The van der Waals surface area contributed by atoms with E-state index in [4.69, 9.17) is 9.47 Å². The first kappa shape index (κ1) is 17.4. The van der Waals surface area contributed by atoms with E-state index >= 15 is 0 Å². The Morgan fingerprint density at radius 2 is 1.85 bits per heavy atom. The van der Waals surface area contributed by atoms with Crippen LogP contribution in [0, 0.1) is 5.92 Å². The van der Waals surface area contributed by atoms with Gasteiger partial charge in [-0.2, -0.15) is 0 Å². The van der Waals surface area contributed by atoms with Crippen LogP contribution in [0.2, 0.25) is 0 Å². The van der Waals surface area contributed by atoms with E-state index in [9.17, 15) is 4.79 Å². The summed E-state index contributed by atoms with van der Waals surface area (Å²) in [5.41, 5.74) is -0.380. The van der Waals surface area contributed by atoms with Crippen LogP contribution in [0.5, 0.6) is 0 Å². The molecule has 1 heterocycles. The summed E-state index contributed by atoms with van der Waals surface area (Å²) in [6.07, 6.45) is 3.02. The van der Waals surface area contributed by atoms with Gasteiger partial charge in [-0.25, -0.2) is 0 Å². The number of rotatable bonds is 6. The van der Waals surface area contributed by atoms with E-state index in [1.54, 1.807) is 0 Å². The number of carbonyl (C=O) groups is 1. The Bertz CT molecular complexity index is 289. The highest BCUT2D eigenvalue weighted by Gasteiger charge is 2.21. The molecule has 0 spiro atoms. The maximum atomic E-state index is 11.7. The van der Waals surface area contributed by atoms with Crippen LogP contribution in [0.25, 0.3) is 0 Å². The van der Waals surface area contributed by atoms with Gasteiger partial charge in [-0.05, 0) is 39.5 Å². The number of nitrogens with zero attached hydrogens (tertiary/aromatic N) is 1. The molecule has 0 bridgehead atoms. The molecule has 0 aromatic carbocycles. The molecule has 1 rings (SSSR count). The van der Waals surface area contributed by atoms with Crippen LogP contribution in [0.15, 0.2) is 0 Å². The summed E-state index contributed by atoms with van der Waals surface area (Å²) in [5, 5.41) is 0. The van der Waals surface area contributed by atoms with Gasteiger partial charge in [0, 0.05) is 26.2 Å². The van der Waals surface area contributed by atoms with E-state index in [1.807, 2.05) is 20.8 Å². The fourth-order valence-electron chi connectivity index (χ4n) is 2.27. The maximum absolute atomic E-state index is 11.7. The Kier molecular flexibility index (Phi) is 6.96. The summed E-state index contributed by atoms with van der Waals surface area (Å²) < 4.78 is 11.2. The highest BCUT2D eigenvalue weighted by atomic mass is 16.6. The number of likely N-dealkylation sites (tertiary alicyclic amines) is 1. The van der Waals surface area contributed by atoms with Crippen molar-refractivity contribution in [2.45, 2.75) is 65.6 Å². The predicted molar refractivity (Wildman–Crippen MR) is 80.7 cm³/mol. The number of piperidine rings is 1. The Balaban J connectivity index is 2.15. The zero-order valence-corrected chi connectivity index (χ0v) is 13.8. The third-order valence-electron chi connectivity index (χ3n) is 3.25. The highest BCUT2D eigenvalue weighted by Crippen LogP contribution is 2.15. The lowest BCUT2D eigenvalue weighted by molar-refractivity contribution is -0.155. The van der Waals surface area contributed by atoms with Gasteiger partial charge < -0.3 is 14.4 Å². The van der Waals surface area contributed by atoms with Crippen molar-refractivity contribution < 1.29 is 14.3 Å². The summed E-state index contributed by atoms with van der Waals surface area (Å²) in [7, 11) is 0. The first-order valence-corrected chi connectivity index (χ1v) is 7.82. The van der Waals surface area contributed by atoms with Crippen LogP contribution in [0.1, 0.15) is 53.9 Å². The lowest BCUT2D eigenvalue weighted by atomic mass is 10.1. The minimum atomic E-state index is -0.380. The molecule has 1 aliphatic rings. The van der Waals surface area contributed by atoms with Crippen molar-refractivity contribution in [3.05, 3.63) is 0 Å². The minimum absolute atomic E-state index is 0.101. The van der Waals surface area contributed by atoms with E-state index in [1.165, 1.54) is 0 Å². The van der Waals surface area contributed by atoms with Gasteiger partial charge in [0.2, 0.25) is 0 Å². The molecule has 0 radical (unpaired) electrons. The van der Waals surface area contributed by atoms with Crippen LogP contribution >= 0.6 is 0 Å². The van der Waals surface area contributed by atoms with Crippen molar-refractivity contribution in [1.29, 1.82) is 0 Å². The molecule has 0 unspecified atom stereocenters. The number of hydrogen-bond acceptors (Lipinski definition) is 4. The molecule has 0 aliphatic carbocycles. The van der Waals surface area contributed by atoms with Crippen molar-refractivity contribution in [2.75, 3.05) is 26.2 Å². The van der Waals surface area contributed by atoms with E-state index in [0.29, 0.717) is 18.4 Å². The van der Waals surface area contributed by atoms with Crippen molar-refractivity contribution in [2.24, 2.45) is 5.92 Å². The number of hydrogen-bond donors (Lipinski definition) is 0. The quantitative estimate of drug-likeness (QED) is 0.703. The third kappa shape index (κ3) is 7.85. The maximum Gasteiger partial charge on any atom is 0.307 e. The molecule has 0 saturated carbocycles. The fourth-order valence-corrected chi connectivity index (χ4v) is 2.27. The zero-order chi connectivity index (χ0) is 15.2. The fraction of sp³-hybridized carbons (Fsp3) is 0.938. The molecule has 0 aromatic heterocycles. The second kappa shape index (κ2) is 7.99. The predicted octanol–water partition coefficient (Wildman–Crippen LogP) is 2.86. The van der Waals surface area contributed by atoms with E-state index < -0.39 is 0 Å². The van der Waals surface area contributed by atoms with E-state index in [0.717, 1.165) is 39.1 Å². The van der Waals surface area contributed by atoms with Crippen LogP contribution in [0.3, 0.4) is 0 Å². The number of ether oxygens (including phenoxy) is 2. The number of carbonyl (C=O) groups excluding carboxylic acids is 1. The lowest BCUT2D eigenvalue weighted by Gasteiger charge is -2.32. The van der Waals surface area contributed by atoms with E-state index in [-0.39, 0.29) is 11.6 Å². The molecular formula is C16H31NO3. The van der Waals surface area contributed by atoms with Gasteiger partial charge in [-0.15, -0.1) is 0 Å². The van der Waals surface area contributed by atoms with Gasteiger partial charge in [0.15, 0.2) is 0 Å². The summed E-state index contributed by atoms with van der Waals surface area (Å²) >= 11 is 0. The topological polar surface area (TPSA) is 38.8 Å². The largest absolute Gasteiger partial charge is 0.460 e. The van der Waals surface area contributed by atoms with E-state index in [2.05, 4.69) is 18.7 Å². The monoisotopic (exact) mass is 285 g/mol. The van der Waals surface area contributed by atoms with Gasteiger partial charge >= 0.3 is 5.97 Å². The Hall–Kier alpha value is -0.610. The molecule has 118 valence electrons. The summed E-state index contributed by atoms with van der Waals surface area (Å²) in [6.45, 7) is 13.8. The van der Waals surface area contributed by atoms with Crippen LogP contribution in [-0.4, -0.2) is 48.8 Å². The summed E-state index contributed by atoms with van der Waals surface area (Å²) in [6, 6.07) is 0. The van der Waals surface area contributed by atoms with Crippen LogP contribution < -0.4 is 0 Å². The molecule has 0 atom stereocenters. The van der Waals surface area contributed by atoms with Gasteiger partial charge in [-0.3, -0.25) is 4.79 Å². The third-order valence-corrected chi connectivity index (χ3v) is 3.25. The normalized spacial score (nSPS) is 18.5. The molecular weight excluding hydrogens is 254 g/mol. The van der Waals surface area contributed by atoms with Gasteiger partial charge in [0.25, 0.3) is 0 Å². The second-order valence-electron chi connectivity index (χ2n) is 7.10. The zero-order valence-electron chi connectivity index (χ0n) is 13.8. The molecule has 4 nitrogen and oxygen atoms in total. The smallest absolute Gasteiger partial charge is 0.307 e. The summed E-state index contributed by atoms with van der Waals surface area (Å²) in [5.74, 6) is 0.496. The Morgan fingerprint density at radius 3 is 2.35 bits per heavy atom. The SMILES string of the molecule is CC(C)COC1CCN(CCC(=O)OC(C)(C)C)CC1. The molecule has 4 heteroatoms. The van der Waals surface area contributed by atoms with Crippen molar-refractivity contribution >= 4 is 5.97 Å². The highest BCUT2D eigenvalue weighted by molar-refractivity contribution is 5.70. The molecule has 1 aliphatic heterocycles. The van der Waals surface area contributed by atoms with Gasteiger partial charge in [0.1, 0.15) is 5.60 Å². The standard InChI is InChI=1S/C16H31NO3/c1-13(2)12-19-14-6-9-17(10-7-14)11-8-15(18)20-16(3,4)5/h13-14H,6-12H2,1-5H3. The van der Waals surface area contributed by atoms with Gasteiger partial charge in [0.05, 0.1) is 12.5 Å². The molecule has 1 fully saturated rings. The Labute approximate surface area is 123 Å². The summed E-state index contributed by atoms with van der Waals surface area (Å²) in [4.78, 5) is 14.0. The minimum Gasteiger partial charge on any atom is -0.460 e. The van der Waals surface area contributed by atoms with Crippen molar-refractivity contribution in [3.8, 4) is 0 Å². The molecule has 0 N–H and O–H groups in total. The lowest BCUT2D eigenvalue weighted by Crippen LogP contribution is -2.39. The van der Waals surface area contributed by atoms with Gasteiger partial charge in [-0.1, -0.05) is 13.8 Å². The first-order valence-electron chi connectivity index (χ1n) is 7.82. The molecule has 1 saturated heterocycles. The number of esters is 1. The van der Waals surface area contributed by atoms with Crippen LogP contribution in [0.4, 0.5) is 0 Å². The average Bonchev–Trinajstić information content (AvgIpc) is 2.33. The average molecular weight is 285 g/mol. The molecule has 20 heavy (non-hydrogen) atoms. The second-order valence-corrected chi connectivity index (χ2v) is 7.10. The van der Waals surface area contributed by atoms with Crippen LogP contribution in [-0.2, 0) is 14.3 Å². The molecule has 0 amide bonds.